The van der Waals surface area contributed by atoms with Crippen LogP contribution in [0.15, 0.2) is 42.5 Å². The molecule has 0 saturated carbocycles. The van der Waals surface area contributed by atoms with Crippen molar-refractivity contribution in [3.8, 4) is 5.75 Å². The number of fused-ring (bicyclic) bond motifs is 1. The van der Waals surface area contributed by atoms with Crippen LogP contribution in [0.2, 0.25) is 5.02 Å². The van der Waals surface area contributed by atoms with Gasteiger partial charge >= 0.3 is 0 Å². The molecule has 0 spiro atoms. The van der Waals surface area contributed by atoms with E-state index in [1.165, 1.54) is 24.0 Å². The highest BCUT2D eigenvalue weighted by Gasteiger charge is 2.19. The summed E-state index contributed by atoms with van der Waals surface area (Å²) in [5.41, 5.74) is 3.75. The van der Waals surface area contributed by atoms with Crippen LogP contribution in [-0.4, -0.2) is 18.6 Å². The largest absolute Gasteiger partial charge is 0.481 e. The molecular weight excluding hydrogens is 346 g/mol. The zero-order chi connectivity index (χ0) is 18.4. The van der Waals surface area contributed by atoms with E-state index in [-0.39, 0.29) is 5.91 Å². The molecule has 1 amide bonds. The molecule has 0 heterocycles. The molecule has 26 heavy (non-hydrogen) atoms. The Hall–Kier alpha value is -2.00. The summed E-state index contributed by atoms with van der Waals surface area (Å²) in [5, 5.41) is 3.75. The van der Waals surface area contributed by atoms with Crippen molar-refractivity contribution in [2.24, 2.45) is 0 Å². The van der Waals surface area contributed by atoms with Crippen molar-refractivity contribution in [2.45, 2.75) is 51.6 Å². The minimum atomic E-state index is -0.497. The lowest BCUT2D eigenvalue weighted by molar-refractivity contribution is -0.127. The lowest BCUT2D eigenvalue weighted by Gasteiger charge is -2.22. The molecule has 0 radical (unpaired) electrons. The number of rotatable bonds is 7. The van der Waals surface area contributed by atoms with E-state index in [1.54, 1.807) is 0 Å². The summed E-state index contributed by atoms with van der Waals surface area (Å²) in [6, 6.07) is 14.0. The Morgan fingerprint density at radius 1 is 1.15 bits per heavy atom. The lowest BCUT2D eigenvalue weighted by Crippen LogP contribution is -2.37. The van der Waals surface area contributed by atoms with Gasteiger partial charge in [-0.3, -0.25) is 4.79 Å². The Bertz CT molecular complexity index is 760. The van der Waals surface area contributed by atoms with Crippen LogP contribution in [0, 0.1) is 0 Å². The third-order valence-corrected chi connectivity index (χ3v) is 5.27. The molecule has 1 aliphatic rings. The first kappa shape index (κ1) is 18.8. The van der Waals surface area contributed by atoms with Gasteiger partial charge in [0.15, 0.2) is 6.10 Å². The number of amides is 1. The summed E-state index contributed by atoms with van der Waals surface area (Å²) < 4.78 is 5.98. The number of carbonyl (C=O) groups is 1. The highest BCUT2D eigenvalue weighted by atomic mass is 35.5. The molecule has 1 aliphatic carbocycles. The van der Waals surface area contributed by atoms with E-state index < -0.39 is 6.10 Å². The van der Waals surface area contributed by atoms with Gasteiger partial charge in [-0.1, -0.05) is 41.9 Å². The topological polar surface area (TPSA) is 38.3 Å². The molecule has 3 rings (SSSR count). The summed E-state index contributed by atoms with van der Waals surface area (Å²) in [4.78, 5) is 12.3. The van der Waals surface area contributed by atoms with Gasteiger partial charge in [0.25, 0.3) is 5.91 Å². The molecule has 3 nitrogen and oxygen atoms in total. The minimum Gasteiger partial charge on any atom is -0.481 e. The van der Waals surface area contributed by atoms with Crippen LogP contribution in [0.4, 0.5) is 0 Å². The van der Waals surface area contributed by atoms with Crippen molar-refractivity contribution in [1.29, 1.82) is 0 Å². The van der Waals surface area contributed by atoms with Crippen LogP contribution in [0.3, 0.4) is 0 Å². The molecule has 0 aromatic heterocycles. The first-order valence-corrected chi connectivity index (χ1v) is 9.81. The average molecular weight is 372 g/mol. The number of carbonyl (C=O) groups excluding carboxylic acids is 1. The third-order valence-electron chi connectivity index (χ3n) is 4.91. The zero-order valence-electron chi connectivity index (χ0n) is 15.3. The van der Waals surface area contributed by atoms with Crippen LogP contribution in [0.1, 0.15) is 42.9 Å². The van der Waals surface area contributed by atoms with Gasteiger partial charge in [-0.2, -0.15) is 0 Å². The molecule has 0 unspecified atom stereocenters. The van der Waals surface area contributed by atoms with Crippen molar-refractivity contribution >= 4 is 17.5 Å². The molecule has 0 bridgehead atoms. The molecule has 1 N–H and O–H groups in total. The van der Waals surface area contributed by atoms with E-state index >= 15 is 0 Å². The Morgan fingerprint density at radius 3 is 2.81 bits per heavy atom. The van der Waals surface area contributed by atoms with Crippen LogP contribution in [-0.2, 0) is 24.1 Å². The van der Waals surface area contributed by atoms with Gasteiger partial charge in [-0.05, 0) is 74.3 Å². The zero-order valence-corrected chi connectivity index (χ0v) is 16.0. The molecule has 2 aromatic rings. The maximum absolute atomic E-state index is 12.3. The highest BCUT2D eigenvalue weighted by Crippen LogP contribution is 2.30. The average Bonchev–Trinajstić information content (AvgIpc) is 2.66. The predicted octanol–water partition coefficient (Wildman–Crippen LogP) is 4.74. The molecule has 0 aliphatic heterocycles. The second-order valence-corrected chi connectivity index (χ2v) is 7.25. The van der Waals surface area contributed by atoms with E-state index in [9.17, 15) is 4.79 Å². The third kappa shape index (κ3) is 4.79. The van der Waals surface area contributed by atoms with Crippen molar-refractivity contribution in [1.82, 2.24) is 5.32 Å². The van der Waals surface area contributed by atoms with Gasteiger partial charge in [0.1, 0.15) is 5.75 Å². The Morgan fingerprint density at radius 2 is 1.96 bits per heavy atom. The minimum absolute atomic E-state index is 0.0717. The van der Waals surface area contributed by atoms with Crippen molar-refractivity contribution in [3.05, 3.63) is 64.2 Å². The van der Waals surface area contributed by atoms with Gasteiger partial charge in [-0.15, -0.1) is 0 Å². The van der Waals surface area contributed by atoms with Crippen molar-refractivity contribution in [2.75, 3.05) is 6.54 Å². The molecule has 4 heteroatoms. The maximum atomic E-state index is 12.3. The summed E-state index contributed by atoms with van der Waals surface area (Å²) in [5.74, 6) is 0.790. The summed E-state index contributed by atoms with van der Waals surface area (Å²) in [7, 11) is 0. The maximum Gasteiger partial charge on any atom is 0.260 e. The normalized spacial score (nSPS) is 14.4. The number of hydrogen-bond donors (Lipinski definition) is 1. The van der Waals surface area contributed by atoms with Gasteiger partial charge in [0.2, 0.25) is 0 Å². The summed E-state index contributed by atoms with van der Waals surface area (Å²) >= 11 is 6.16. The predicted molar refractivity (Wildman–Crippen MR) is 106 cm³/mol. The Labute approximate surface area is 160 Å². The van der Waals surface area contributed by atoms with Crippen LogP contribution >= 0.6 is 11.6 Å². The lowest BCUT2D eigenvalue weighted by atomic mass is 9.91. The number of hydrogen-bond acceptors (Lipinski definition) is 2. The van der Waals surface area contributed by atoms with E-state index in [1.807, 2.05) is 43.3 Å². The van der Waals surface area contributed by atoms with Gasteiger partial charge in [-0.25, -0.2) is 0 Å². The number of ether oxygens (including phenoxy) is 1. The number of nitrogens with one attached hydrogen (secondary N) is 1. The molecular formula is C22H26ClNO2. The number of aryl methyl sites for hydroxylation is 2. The smallest absolute Gasteiger partial charge is 0.260 e. The SMILES string of the molecule is C[C@@H](Oc1cccc2c1CCCC2)C(=O)NCCCc1ccccc1Cl. The van der Waals surface area contributed by atoms with E-state index in [0.29, 0.717) is 6.54 Å². The summed E-state index contributed by atoms with van der Waals surface area (Å²) in [6.45, 7) is 2.43. The van der Waals surface area contributed by atoms with Gasteiger partial charge in [0.05, 0.1) is 0 Å². The van der Waals surface area contributed by atoms with Gasteiger partial charge in [0, 0.05) is 11.6 Å². The van der Waals surface area contributed by atoms with Gasteiger partial charge < -0.3 is 10.1 Å². The standard InChI is InChI=1S/C22H26ClNO2/c1-16(26-21-14-6-10-17-8-2-4-12-19(17)21)22(25)24-15-7-11-18-9-3-5-13-20(18)23/h3,5-6,9-10,13-14,16H,2,4,7-8,11-12,15H2,1H3,(H,24,25)/t16-/m1/s1. The van der Waals surface area contributed by atoms with E-state index in [0.717, 1.165) is 42.0 Å². The highest BCUT2D eigenvalue weighted by molar-refractivity contribution is 6.31. The molecule has 0 fully saturated rings. The molecule has 138 valence electrons. The molecule has 2 aromatic carbocycles. The second-order valence-electron chi connectivity index (χ2n) is 6.85. The van der Waals surface area contributed by atoms with Crippen molar-refractivity contribution < 1.29 is 9.53 Å². The fourth-order valence-electron chi connectivity index (χ4n) is 3.44. The van der Waals surface area contributed by atoms with E-state index in [4.69, 9.17) is 16.3 Å². The number of halogens is 1. The number of benzene rings is 2. The van der Waals surface area contributed by atoms with Crippen LogP contribution in [0.5, 0.6) is 5.75 Å². The fraction of sp³-hybridized carbons (Fsp3) is 0.409. The molecule has 0 saturated heterocycles. The van der Waals surface area contributed by atoms with Crippen LogP contribution < -0.4 is 10.1 Å². The fourth-order valence-corrected chi connectivity index (χ4v) is 3.67. The Kier molecular flexibility index (Phi) is 6.56. The second kappa shape index (κ2) is 9.09. The summed E-state index contributed by atoms with van der Waals surface area (Å²) in [6.07, 6.45) is 5.77. The van der Waals surface area contributed by atoms with E-state index in [2.05, 4.69) is 11.4 Å². The monoisotopic (exact) mass is 371 g/mol. The molecule has 1 atom stereocenters. The first-order chi connectivity index (χ1) is 12.6. The Balaban J connectivity index is 1.47. The quantitative estimate of drug-likeness (QED) is 0.714. The van der Waals surface area contributed by atoms with Crippen molar-refractivity contribution in [3.63, 3.8) is 0 Å². The first-order valence-electron chi connectivity index (χ1n) is 9.43. The van der Waals surface area contributed by atoms with Crippen LogP contribution in [0.25, 0.3) is 0 Å².